The van der Waals surface area contributed by atoms with E-state index in [1.54, 1.807) is 6.07 Å². The quantitative estimate of drug-likeness (QED) is 0.709. The average Bonchev–Trinajstić information content (AvgIpc) is 1.93. The van der Waals surface area contributed by atoms with Gasteiger partial charge in [-0.3, -0.25) is 0 Å². The van der Waals surface area contributed by atoms with Crippen LogP contribution < -0.4 is 5.32 Å². The molecule has 1 heterocycles. The molecule has 0 unspecified atom stereocenters. The van der Waals surface area contributed by atoms with Crippen LogP contribution >= 0.6 is 11.6 Å². The summed E-state index contributed by atoms with van der Waals surface area (Å²) in [5, 5.41) is 3.39. The second-order valence-corrected chi connectivity index (χ2v) is 3.38. The maximum absolute atomic E-state index is 12.9. The summed E-state index contributed by atoms with van der Waals surface area (Å²) < 4.78 is 12.9. The largest absolute Gasteiger partial charge is 0.310 e. The first-order chi connectivity index (χ1) is 5.77. The lowest BCUT2D eigenvalue weighted by Crippen LogP contribution is -2.34. The molecule has 0 amide bonds. The molecule has 0 aromatic heterocycles. The van der Waals surface area contributed by atoms with Gasteiger partial charge >= 0.3 is 0 Å². The molecule has 0 aliphatic carbocycles. The molecule has 1 N–H and O–H groups in total. The predicted molar refractivity (Wildman–Crippen MR) is 46.8 cm³/mol. The van der Waals surface area contributed by atoms with Crippen LogP contribution in [0.25, 0.3) is 0 Å². The van der Waals surface area contributed by atoms with Crippen LogP contribution in [0.15, 0.2) is 18.2 Å². The van der Waals surface area contributed by atoms with Gasteiger partial charge in [0.15, 0.2) is 0 Å². The highest BCUT2D eigenvalue weighted by molar-refractivity contribution is 6.30. The standard InChI is InChI=1S/C9H9ClFN/c10-7-2-1-6(5-8(7)11)9-3-4-12-9/h1-2,5,9,12H,3-4H2/t9-/m1/s1. The predicted octanol–water partition coefficient (Wildman–Crippen LogP) is 2.51. The molecular weight excluding hydrogens is 177 g/mol. The van der Waals surface area contributed by atoms with Crippen LogP contribution in [0, 0.1) is 5.82 Å². The zero-order valence-corrected chi connectivity index (χ0v) is 7.24. The molecular formula is C9H9ClFN. The van der Waals surface area contributed by atoms with Crippen molar-refractivity contribution in [2.45, 2.75) is 12.5 Å². The number of hydrogen-bond acceptors (Lipinski definition) is 1. The van der Waals surface area contributed by atoms with Gasteiger partial charge in [-0.05, 0) is 30.7 Å². The van der Waals surface area contributed by atoms with Crippen molar-refractivity contribution in [1.82, 2.24) is 5.32 Å². The van der Waals surface area contributed by atoms with Gasteiger partial charge in [0.1, 0.15) is 5.82 Å². The van der Waals surface area contributed by atoms with Gasteiger partial charge in [-0.15, -0.1) is 0 Å². The second-order valence-electron chi connectivity index (χ2n) is 2.97. The van der Waals surface area contributed by atoms with Crippen LogP contribution in [0.1, 0.15) is 18.0 Å². The maximum Gasteiger partial charge on any atom is 0.142 e. The summed E-state index contributed by atoms with van der Waals surface area (Å²) in [6.45, 7) is 1.02. The zero-order chi connectivity index (χ0) is 8.55. The fourth-order valence-electron chi connectivity index (χ4n) is 1.30. The third kappa shape index (κ3) is 1.32. The van der Waals surface area contributed by atoms with Gasteiger partial charge in [-0.2, -0.15) is 0 Å². The summed E-state index contributed by atoms with van der Waals surface area (Å²) >= 11 is 5.55. The van der Waals surface area contributed by atoms with Crippen molar-refractivity contribution in [3.8, 4) is 0 Å². The SMILES string of the molecule is Fc1cc([C@H]2CCN2)ccc1Cl. The van der Waals surface area contributed by atoms with E-state index in [1.807, 2.05) is 6.07 Å². The van der Waals surface area contributed by atoms with Gasteiger partial charge in [0, 0.05) is 6.04 Å². The van der Waals surface area contributed by atoms with Crippen molar-refractivity contribution in [2.75, 3.05) is 6.54 Å². The molecule has 0 saturated carbocycles. The topological polar surface area (TPSA) is 12.0 Å². The summed E-state index contributed by atoms with van der Waals surface area (Å²) in [4.78, 5) is 0. The molecule has 1 aromatic rings. The molecule has 12 heavy (non-hydrogen) atoms. The highest BCUT2D eigenvalue weighted by Crippen LogP contribution is 2.25. The minimum absolute atomic E-state index is 0.193. The minimum Gasteiger partial charge on any atom is -0.310 e. The normalized spacial score (nSPS) is 22.0. The molecule has 1 nitrogen and oxygen atoms in total. The molecule has 1 aliphatic rings. The molecule has 64 valence electrons. The van der Waals surface area contributed by atoms with Gasteiger partial charge < -0.3 is 5.32 Å². The highest BCUT2D eigenvalue weighted by Gasteiger charge is 2.18. The Bertz CT molecular complexity index is 297. The van der Waals surface area contributed by atoms with Crippen molar-refractivity contribution < 1.29 is 4.39 Å². The monoisotopic (exact) mass is 185 g/mol. The lowest BCUT2D eigenvalue weighted by molar-refractivity contribution is 0.382. The first-order valence-corrected chi connectivity index (χ1v) is 4.33. The van der Waals surface area contributed by atoms with E-state index in [9.17, 15) is 4.39 Å². The Labute approximate surface area is 75.5 Å². The number of halogens is 2. The third-order valence-electron chi connectivity index (χ3n) is 2.17. The van der Waals surface area contributed by atoms with E-state index in [0.717, 1.165) is 18.5 Å². The Hall–Kier alpha value is -0.600. The van der Waals surface area contributed by atoms with Crippen molar-refractivity contribution in [2.24, 2.45) is 0 Å². The van der Waals surface area contributed by atoms with Crippen molar-refractivity contribution in [3.05, 3.63) is 34.6 Å². The molecule has 1 saturated heterocycles. The molecule has 0 bridgehead atoms. The molecule has 1 atom stereocenters. The van der Waals surface area contributed by atoms with E-state index < -0.39 is 0 Å². The van der Waals surface area contributed by atoms with E-state index in [4.69, 9.17) is 11.6 Å². The molecule has 2 rings (SSSR count). The van der Waals surface area contributed by atoms with Crippen LogP contribution in [0.4, 0.5) is 4.39 Å². The van der Waals surface area contributed by atoms with E-state index in [0.29, 0.717) is 6.04 Å². The first kappa shape index (κ1) is 8.02. The number of rotatable bonds is 1. The first-order valence-electron chi connectivity index (χ1n) is 3.96. The summed E-state index contributed by atoms with van der Waals surface area (Å²) in [6, 6.07) is 5.30. The van der Waals surface area contributed by atoms with Crippen molar-refractivity contribution >= 4 is 11.6 Å². The van der Waals surface area contributed by atoms with Crippen LogP contribution in [0.5, 0.6) is 0 Å². The van der Waals surface area contributed by atoms with Crippen LogP contribution in [0.3, 0.4) is 0 Å². The Morgan fingerprint density at radius 1 is 1.50 bits per heavy atom. The molecule has 1 fully saturated rings. The van der Waals surface area contributed by atoms with E-state index >= 15 is 0 Å². The fraction of sp³-hybridized carbons (Fsp3) is 0.333. The maximum atomic E-state index is 12.9. The van der Waals surface area contributed by atoms with Crippen LogP contribution in [0.2, 0.25) is 5.02 Å². The van der Waals surface area contributed by atoms with Crippen LogP contribution in [-0.4, -0.2) is 6.54 Å². The Kier molecular flexibility index (Phi) is 2.03. The second kappa shape index (κ2) is 3.04. The molecule has 0 radical (unpaired) electrons. The number of benzene rings is 1. The van der Waals surface area contributed by atoms with Gasteiger partial charge in [-0.25, -0.2) is 4.39 Å². The van der Waals surface area contributed by atoms with Gasteiger partial charge in [0.05, 0.1) is 5.02 Å². The Balaban J connectivity index is 2.27. The van der Waals surface area contributed by atoms with E-state index in [-0.39, 0.29) is 10.8 Å². The number of hydrogen-bond donors (Lipinski definition) is 1. The Morgan fingerprint density at radius 2 is 2.25 bits per heavy atom. The molecule has 1 aliphatic heterocycles. The minimum atomic E-state index is -0.331. The smallest absolute Gasteiger partial charge is 0.142 e. The lowest BCUT2D eigenvalue weighted by atomic mass is 9.98. The molecule has 1 aromatic carbocycles. The molecule has 0 spiro atoms. The van der Waals surface area contributed by atoms with E-state index in [1.165, 1.54) is 6.07 Å². The summed E-state index contributed by atoms with van der Waals surface area (Å²) in [7, 11) is 0. The molecule has 3 heteroatoms. The van der Waals surface area contributed by atoms with Gasteiger partial charge in [0.25, 0.3) is 0 Å². The van der Waals surface area contributed by atoms with Crippen molar-refractivity contribution in [1.29, 1.82) is 0 Å². The van der Waals surface area contributed by atoms with Crippen LogP contribution in [-0.2, 0) is 0 Å². The average molecular weight is 186 g/mol. The summed E-state index contributed by atoms with van der Waals surface area (Å²) in [6.07, 6.45) is 1.08. The third-order valence-corrected chi connectivity index (χ3v) is 2.48. The van der Waals surface area contributed by atoms with Gasteiger partial charge in [0.2, 0.25) is 0 Å². The van der Waals surface area contributed by atoms with Gasteiger partial charge in [-0.1, -0.05) is 17.7 Å². The van der Waals surface area contributed by atoms with Crippen molar-refractivity contribution in [3.63, 3.8) is 0 Å². The fourth-order valence-corrected chi connectivity index (χ4v) is 1.42. The highest BCUT2D eigenvalue weighted by atomic mass is 35.5. The lowest BCUT2D eigenvalue weighted by Gasteiger charge is -2.28. The zero-order valence-electron chi connectivity index (χ0n) is 6.48. The summed E-state index contributed by atoms with van der Waals surface area (Å²) in [5.41, 5.74) is 0.989. The summed E-state index contributed by atoms with van der Waals surface area (Å²) in [5.74, 6) is -0.331. The van der Waals surface area contributed by atoms with E-state index in [2.05, 4.69) is 5.32 Å². The number of nitrogens with one attached hydrogen (secondary N) is 1. The Morgan fingerprint density at radius 3 is 2.75 bits per heavy atom.